The first-order chi connectivity index (χ1) is 8.58. The molecule has 0 bridgehead atoms. The molecule has 0 saturated heterocycles. The average Bonchev–Trinajstić information content (AvgIpc) is 2.39. The molecule has 0 saturated carbocycles. The predicted octanol–water partition coefficient (Wildman–Crippen LogP) is 1.91. The highest BCUT2D eigenvalue weighted by Gasteiger charge is 2.06. The molecule has 0 aliphatic carbocycles. The molecule has 0 aliphatic rings. The molecule has 2 aromatic rings. The zero-order valence-corrected chi connectivity index (χ0v) is 10.2. The smallest absolute Gasteiger partial charge is 0.338 e. The first-order valence-electron chi connectivity index (χ1n) is 5.41. The van der Waals surface area contributed by atoms with Crippen LogP contribution in [0, 0.1) is 0 Å². The van der Waals surface area contributed by atoms with E-state index in [2.05, 4.69) is 9.97 Å². The quantitative estimate of drug-likeness (QED) is 0.891. The van der Waals surface area contributed by atoms with E-state index in [9.17, 15) is 4.79 Å². The molecule has 1 aromatic carbocycles. The van der Waals surface area contributed by atoms with E-state index >= 15 is 0 Å². The molecule has 0 fully saturated rings. The van der Waals surface area contributed by atoms with Gasteiger partial charge in [0.2, 0.25) is 0 Å². The second-order valence-corrected chi connectivity index (χ2v) is 4.04. The minimum atomic E-state index is -1.02. The molecule has 1 heterocycles. The van der Waals surface area contributed by atoms with Gasteiger partial charge in [-0.1, -0.05) is 0 Å². The number of hydrogen-bond acceptors (Lipinski definition) is 4. The van der Waals surface area contributed by atoms with Crippen LogP contribution in [0.15, 0.2) is 36.7 Å². The maximum absolute atomic E-state index is 10.7. The lowest BCUT2D eigenvalue weighted by Crippen LogP contribution is -2.08. The molecule has 0 unspecified atom stereocenters. The molecule has 18 heavy (non-hydrogen) atoms. The van der Waals surface area contributed by atoms with E-state index < -0.39 is 5.97 Å². The van der Waals surface area contributed by atoms with Gasteiger partial charge in [-0.2, -0.15) is 0 Å². The maximum Gasteiger partial charge on any atom is 0.338 e. The van der Waals surface area contributed by atoms with Crippen LogP contribution < -0.4 is 4.90 Å². The molecular formula is C13H13N3O2. The summed E-state index contributed by atoms with van der Waals surface area (Å²) in [5, 5.41) is 8.76. The molecular weight excluding hydrogens is 230 g/mol. The van der Waals surface area contributed by atoms with Gasteiger partial charge in [0.15, 0.2) is 5.82 Å². The third-order valence-corrected chi connectivity index (χ3v) is 2.54. The largest absolute Gasteiger partial charge is 0.478 e. The van der Waals surface area contributed by atoms with Crippen LogP contribution in [0.5, 0.6) is 0 Å². The number of aromatic nitrogens is 2. The summed E-state index contributed by atoms with van der Waals surface area (Å²) < 4.78 is 0. The number of carbonyl (C=O) groups is 1. The standard InChI is InChI=1S/C13H13N3O2/c1-16(2)11-5-3-9(4-6-11)12-14-7-10(8-15-12)13(17)18/h3-8H,1-2H3,(H,17,18). The van der Waals surface area contributed by atoms with Gasteiger partial charge in [-0.05, 0) is 24.3 Å². The Balaban J connectivity index is 2.28. The number of benzene rings is 1. The zero-order valence-electron chi connectivity index (χ0n) is 10.2. The van der Waals surface area contributed by atoms with Crippen molar-refractivity contribution in [3.05, 3.63) is 42.2 Å². The Hall–Kier alpha value is -2.43. The molecule has 0 atom stereocenters. The van der Waals surface area contributed by atoms with Crippen LogP contribution in [0.3, 0.4) is 0 Å². The molecule has 0 radical (unpaired) electrons. The second-order valence-electron chi connectivity index (χ2n) is 4.04. The van der Waals surface area contributed by atoms with Crippen molar-refractivity contribution in [1.82, 2.24) is 9.97 Å². The highest BCUT2D eigenvalue weighted by atomic mass is 16.4. The van der Waals surface area contributed by atoms with Crippen molar-refractivity contribution >= 4 is 11.7 Å². The molecule has 5 nitrogen and oxygen atoms in total. The van der Waals surface area contributed by atoms with Crippen molar-refractivity contribution in [2.45, 2.75) is 0 Å². The second kappa shape index (κ2) is 4.83. The zero-order chi connectivity index (χ0) is 13.1. The summed E-state index contributed by atoms with van der Waals surface area (Å²) in [5.74, 6) is -0.505. The normalized spacial score (nSPS) is 10.1. The van der Waals surface area contributed by atoms with E-state index in [4.69, 9.17) is 5.11 Å². The fourth-order valence-electron chi connectivity index (χ4n) is 1.50. The molecule has 92 valence electrons. The van der Waals surface area contributed by atoms with Crippen molar-refractivity contribution in [2.24, 2.45) is 0 Å². The number of anilines is 1. The van der Waals surface area contributed by atoms with E-state index in [1.54, 1.807) is 0 Å². The minimum Gasteiger partial charge on any atom is -0.478 e. The highest BCUT2D eigenvalue weighted by Crippen LogP contribution is 2.19. The Morgan fingerprint density at radius 2 is 1.67 bits per heavy atom. The van der Waals surface area contributed by atoms with Crippen LogP contribution >= 0.6 is 0 Å². The fourth-order valence-corrected chi connectivity index (χ4v) is 1.50. The summed E-state index contributed by atoms with van der Waals surface area (Å²) >= 11 is 0. The summed E-state index contributed by atoms with van der Waals surface area (Å²) in [5.41, 5.74) is 2.03. The number of rotatable bonds is 3. The Morgan fingerprint density at radius 1 is 1.11 bits per heavy atom. The first kappa shape index (κ1) is 12.0. The average molecular weight is 243 g/mol. The monoisotopic (exact) mass is 243 g/mol. The summed E-state index contributed by atoms with van der Waals surface area (Å²) in [7, 11) is 3.93. The van der Waals surface area contributed by atoms with Gasteiger partial charge in [-0.25, -0.2) is 14.8 Å². The van der Waals surface area contributed by atoms with E-state index in [0.29, 0.717) is 5.82 Å². The third-order valence-electron chi connectivity index (χ3n) is 2.54. The van der Waals surface area contributed by atoms with Crippen LogP contribution in [0.4, 0.5) is 5.69 Å². The molecule has 5 heteroatoms. The van der Waals surface area contributed by atoms with Crippen LogP contribution in [-0.2, 0) is 0 Å². The van der Waals surface area contributed by atoms with Gasteiger partial charge in [0.25, 0.3) is 0 Å². The van der Waals surface area contributed by atoms with E-state index in [1.165, 1.54) is 12.4 Å². The molecule has 1 aromatic heterocycles. The lowest BCUT2D eigenvalue weighted by molar-refractivity contribution is 0.0696. The van der Waals surface area contributed by atoms with Gasteiger partial charge in [-0.15, -0.1) is 0 Å². The van der Waals surface area contributed by atoms with Gasteiger partial charge in [0.05, 0.1) is 5.56 Å². The minimum absolute atomic E-state index is 0.0867. The van der Waals surface area contributed by atoms with Crippen molar-refractivity contribution in [3.63, 3.8) is 0 Å². The van der Waals surface area contributed by atoms with E-state index in [0.717, 1.165) is 11.3 Å². The fraction of sp³-hybridized carbons (Fsp3) is 0.154. The summed E-state index contributed by atoms with van der Waals surface area (Å²) in [6.07, 6.45) is 2.62. The van der Waals surface area contributed by atoms with Crippen molar-refractivity contribution in [1.29, 1.82) is 0 Å². The molecule has 2 rings (SSSR count). The number of hydrogen-bond donors (Lipinski definition) is 1. The van der Waals surface area contributed by atoms with Gasteiger partial charge < -0.3 is 10.0 Å². The molecule has 1 N–H and O–H groups in total. The van der Waals surface area contributed by atoms with Gasteiger partial charge in [-0.3, -0.25) is 0 Å². The summed E-state index contributed by atoms with van der Waals surface area (Å²) in [6.45, 7) is 0. The lowest BCUT2D eigenvalue weighted by atomic mass is 10.2. The Kier molecular flexibility index (Phi) is 3.23. The topological polar surface area (TPSA) is 66.3 Å². The van der Waals surface area contributed by atoms with Crippen molar-refractivity contribution < 1.29 is 9.90 Å². The van der Waals surface area contributed by atoms with Crippen LogP contribution in [0.1, 0.15) is 10.4 Å². The van der Waals surface area contributed by atoms with Gasteiger partial charge in [0.1, 0.15) is 0 Å². The Bertz CT molecular complexity index is 547. The molecule has 0 aliphatic heterocycles. The van der Waals surface area contributed by atoms with Crippen molar-refractivity contribution in [3.8, 4) is 11.4 Å². The highest BCUT2D eigenvalue weighted by molar-refractivity contribution is 5.86. The van der Waals surface area contributed by atoms with Crippen LogP contribution in [0.25, 0.3) is 11.4 Å². The SMILES string of the molecule is CN(C)c1ccc(-c2ncc(C(=O)O)cn2)cc1. The van der Waals surface area contributed by atoms with E-state index in [1.807, 2.05) is 43.3 Å². The van der Waals surface area contributed by atoms with Gasteiger partial charge >= 0.3 is 5.97 Å². The number of aromatic carboxylic acids is 1. The Labute approximate surface area is 105 Å². The third kappa shape index (κ3) is 2.45. The predicted molar refractivity (Wildman–Crippen MR) is 68.8 cm³/mol. The Morgan fingerprint density at radius 3 is 2.11 bits per heavy atom. The number of carboxylic acid groups (broad SMARTS) is 1. The molecule has 0 spiro atoms. The van der Waals surface area contributed by atoms with Crippen molar-refractivity contribution in [2.75, 3.05) is 19.0 Å². The number of carboxylic acids is 1. The van der Waals surface area contributed by atoms with Crippen LogP contribution in [0.2, 0.25) is 0 Å². The molecule has 0 amide bonds. The summed E-state index contributed by atoms with van der Waals surface area (Å²) in [6, 6.07) is 7.74. The van der Waals surface area contributed by atoms with E-state index in [-0.39, 0.29) is 5.56 Å². The van der Waals surface area contributed by atoms with Crippen LogP contribution in [-0.4, -0.2) is 35.1 Å². The van der Waals surface area contributed by atoms with Gasteiger partial charge in [0, 0.05) is 37.7 Å². The summed E-state index contributed by atoms with van der Waals surface area (Å²) in [4.78, 5) is 20.8. The maximum atomic E-state index is 10.7. The lowest BCUT2D eigenvalue weighted by Gasteiger charge is -2.12. The number of nitrogens with zero attached hydrogens (tertiary/aromatic N) is 3. The first-order valence-corrected chi connectivity index (χ1v) is 5.41.